The Morgan fingerprint density at radius 3 is 2.78 bits per heavy atom. The zero-order chi connectivity index (χ0) is 6.85. The Morgan fingerprint density at radius 1 is 1.89 bits per heavy atom. The summed E-state index contributed by atoms with van der Waals surface area (Å²) in [5.74, 6) is 0.389. The summed E-state index contributed by atoms with van der Waals surface area (Å²) in [4.78, 5) is 13.7. The maximum Gasteiger partial charge on any atom is 0.172 e. The van der Waals surface area contributed by atoms with E-state index in [-0.39, 0.29) is 0 Å². The van der Waals surface area contributed by atoms with Gasteiger partial charge in [0.2, 0.25) is 0 Å². The van der Waals surface area contributed by atoms with Gasteiger partial charge in [-0.2, -0.15) is 0 Å². The van der Waals surface area contributed by atoms with Crippen LogP contribution in [0.15, 0.2) is 12.4 Å². The van der Waals surface area contributed by atoms with Crippen LogP contribution >= 0.6 is 0 Å². The van der Waals surface area contributed by atoms with Crippen LogP contribution in [0.3, 0.4) is 0 Å². The maximum absolute atomic E-state index is 10.0. The molecule has 1 heterocycles. The van der Waals surface area contributed by atoms with E-state index in [1.165, 1.54) is 12.4 Å². The van der Waals surface area contributed by atoms with E-state index in [1.807, 2.05) is 0 Å². The highest BCUT2D eigenvalue weighted by atomic mass is 16.7. The van der Waals surface area contributed by atoms with Gasteiger partial charge in [0.15, 0.2) is 10.9 Å². The molecule has 0 radical (unpaired) electrons. The molecule has 1 rings (SSSR count). The lowest BCUT2D eigenvalue weighted by Gasteiger charge is -1.88. The minimum atomic E-state index is -0.525. The Morgan fingerprint density at radius 2 is 2.56 bits per heavy atom. The van der Waals surface area contributed by atoms with Gasteiger partial charge in [-0.15, -0.1) is 0 Å². The van der Waals surface area contributed by atoms with Crippen molar-refractivity contribution in [3.63, 3.8) is 0 Å². The summed E-state index contributed by atoms with van der Waals surface area (Å²) in [5, 5.41) is 9.49. The molecule has 0 aliphatic rings. The van der Waals surface area contributed by atoms with Crippen molar-refractivity contribution in [2.45, 2.75) is 6.92 Å². The Balaban J connectivity index is 3.08. The lowest BCUT2D eigenvalue weighted by molar-refractivity contribution is -0.543. The van der Waals surface area contributed by atoms with E-state index >= 15 is 0 Å². The molecule has 0 aromatic carbocycles. The normalized spacial score (nSPS) is 9.44. The number of nitrogens with zero attached hydrogens (tertiary/aromatic N) is 3. The summed E-state index contributed by atoms with van der Waals surface area (Å²) in [6.45, 7) is 1.57. The van der Waals surface area contributed by atoms with E-state index in [9.17, 15) is 10.1 Å². The highest BCUT2D eigenvalue weighted by Gasteiger charge is 2.03. The summed E-state index contributed by atoms with van der Waals surface area (Å²) in [5.41, 5.74) is 0. The largest absolute Gasteiger partial charge is 0.236 e. The molecular weight excluding hydrogens is 122 g/mol. The van der Waals surface area contributed by atoms with Crippen LogP contribution in [0.4, 0.5) is 0 Å². The molecule has 0 bridgehead atoms. The third-order valence-electron chi connectivity index (χ3n) is 0.977. The maximum atomic E-state index is 10.0. The van der Waals surface area contributed by atoms with Crippen molar-refractivity contribution in [1.82, 2.24) is 9.66 Å². The van der Waals surface area contributed by atoms with Crippen molar-refractivity contribution >= 4 is 0 Å². The van der Waals surface area contributed by atoms with Gasteiger partial charge in [-0.1, -0.05) is 4.68 Å². The molecule has 0 saturated carbocycles. The van der Waals surface area contributed by atoms with Crippen LogP contribution in [0.25, 0.3) is 0 Å². The minimum Gasteiger partial charge on any atom is -0.236 e. The summed E-state index contributed by atoms with van der Waals surface area (Å²) in [6.07, 6.45) is 2.69. The average molecular weight is 127 g/mol. The molecule has 0 unspecified atom stereocenters. The third-order valence-corrected chi connectivity index (χ3v) is 0.977. The van der Waals surface area contributed by atoms with Crippen LogP contribution in [0.5, 0.6) is 0 Å². The smallest absolute Gasteiger partial charge is 0.172 e. The van der Waals surface area contributed by atoms with Gasteiger partial charge in [-0.05, 0) is 0 Å². The number of imidazole rings is 1. The second-order valence-electron chi connectivity index (χ2n) is 1.56. The van der Waals surface area contributed by atoms with Crippen molar-refractivity contribution in [3.8, 4) is 0 Å². The van der Waals surface area contributed by atoms with Crippen LogP contribution < -0.4 is 0 Å². The number of aryl methyl sites for hydroxylation is 1. The first-order valence-electron chi connectivity index (χ1n) is 2.36. The molecule has 0 saturated heterocycles. The van der Waals surface area contributed by atoms with Gasteiger partial charge < -0.3 is 0 Å². The van der Waals surface area contributed by atoms with Crippen molar-refractivity contribution in [3.05, 3.63) is 28.3 Å². The van der Waals surface area contributed by atoms with E-state index in [0.717, 1.165) is 4.68 Å². The van der Waals surface area contributed by atoms with Crippen molar-refractivity contribution in [2.24, 2.45) is 0 Å². The van der Waals surface area contributed by atoms with Gasteiger partial charge in [0, 0.05) is 6.92 Å². The number of aromatic nitrogens is 2. The van der Waals surface area contributed by atoms with Crippen LogP contribution in [0.2, 0.25) is 0 Å². The Bertz CT molecular complexity index is 229. The van der Waals surface area contributed by atoms with Crippen LogP contribution in [0.1, 0.15) is 5.82 Å². The molecule has 1 aromatic rings. The van der Waals surface area contributed by atoms with E-state index in [1.54, 1.807) is 6.92 Å². The van der Waals surface area contributed by atoms with Gasteiger partial charge >= 0.3 is 0 Å². The summed E-state index contributed by atoms with van der Waals surface area (Å²) < 4.78 is 0.861. The lowest BCUT2D eigenvalue weighted by Crippen LogP contribution is -2.08. The highest BCUT2D eigenvalue weighted by Crippen LogP contribution is 1.91. The van der Waals surface area contributed by atoms with Crippen LogP contribution in [-0.2, 0) is 0 Å². The van der Waals surface area contributed by atoms with Crippen molar-refractivity contribution in [1.29, 1.82) is 0 Å². The number of hydrogen-bond donors (Lipinski definition) is 0. The van der Waals surface area contributed by atoms with Crippen molar-refractivity contribution in [2.75, 3.05) is 0 Å². The molecule has 0 aliphatic carbocycles. The highest BCUT2D eigenvalue weighted by molar-refractivity contribution is 4.84. The number of hydrogen-bond acceptors (Lipinski definition) is 3. The van der Waals surface area contributed by atoms with Crippen LogP contribution in [0, 0.1) is 17.0 Å². The van der Waals surface area contributed by atoms with Crippen molar-refractivity contribution < 1.29 is 5.03 Å². The molecule has 9 heavy (non-hydrogen) atoms. The van der Waals surface area contributed by atoms with E-state index in [2.05, 4.69) is 4.98 Å². The third kappa shape index (κ3) is 0.883. The standard InChI is InChI=1S/C4H5N3O2/c1-4-5-2-3-6(4)7(8)9/h2-3H,1H3. The minimum absolute atomic E-state index is 0.389. The molecular formula is C4H5N3O2. The first-order valence-corrected chi connectivity index (χ1v) is 2.36. The zero-order valence-corrected chi connectivity index (χ0v) is 4.81. The first kappa shape index (κ1) is 5.74. The van der Waals surface area contributed by atoms with Gasteiger partial charge in [0.1, 0.15) is 0 Å². The van der Waals surface area contributed by atoms with E-state index < -0.39 is 5.03 Å². The molecule has 0 fully saturated rings. The molecule has 0 atom stereocenters. The van der Waals surface area contributed by atoms with Gasteiger partial charge in [-0.25, -0.2) is 15.1 Å². The first-order chi connectivity index (χ1) is 4.22. The molecule has 48 valence electrons. The second kappa shape index (κ2) is 1.85. The molecule has 0 spiro atoms. The Kier molecular flexibility index (Phi) is 1.18. The number of rotatable bonds is 1. The molecule has 0 aliphatic heterocycles. The lowest BCUT2D eigenvalue weighted by atomic mass is 10.7. The average Bonchev–Trinajstić information content (AvgIpc) is 2.13. The SMILES string of the molecule is Cc1nccn1[N+](=O)[O-]. The fourth-order valence-electron chi connectivity index (χ4n) is 0.544. The van der Waals surface area contributed by atoms with Gasteiger partial charge in [0.05, 0.1) is 12.4 Å². The fraction of sp³-hybridized carbons (Fsp3) is 0.250. The molecule has 5 heteroatoms. The summed E-state index contributed by atoms with van der Waals surface area (Å²) in [6, 6.07) is 0. The molecule has 1 aromatic heterocycles. The number of nitro groups is 1. The quantitative estimate of drug-likeness (QED) is 0.400. The van der Waals surface area contributed by atoms with Gasteiger partial charge in [-0.3, -0.25) is 0 Å². The Hall–Kier alpha value is -1.39. The fourth-order valence-corrected chi connectivity index (χ4v) is 0.544. The summed E-state index contributed by atoms with van der Waals surface area (Å²) in [7, 11) is 0. The predicted octanol–water partition coefficient (Wildman–Crippen LogP) is 0.231. The van der Waals surface area contributed by atoms with Crippen LogP contribution in [-0.4, -0.2) is 14.7 Å². The predicted molar refractivity (Wildman–Crippen MR) is 29.4 cm³/mol. The molecule has 0 N–H and O–H groups in total. The van der Waals surface area contributed by atoms with Gasteiger partial charge in [0.25, 0.3) is 0 Å². The Labute approximate surface area is 51.1 Å². The second-order valence-corrected chi connectivity index (χ2v) is 1.56. The van der Waals surface area contributed by atoms with E-state index in [4.69, 9.17) is 0 Å². The van der Waals surface area contributed by atoms with E-state index in [0.29, 0.717) is 5.82 Å². The summed E-state index contributed by atoms with van der Waals surface area (Å²) >= 11 is 0. The molecule has 0 amide bonds. The molecule has 5 nitrogen and oxygen atoms in total. The topological polar surface area (TPSA) is 61.0 Å². The monoisotopic (exact) mass is 127 g/mol. The zero-order valence-electron chi connectivity index (χ0n) is 4.81.